The summed E-state index contributed by atoms with van der Waals surface area (Å²) < 4.78 is 5.16. The Morgan fingerprint density at radius 3 is 2.79 bits per heavy atom. The van der Waals surface area contributed by atoms with Crippen LogP contribution in [0.4, 0.5) is 0 Å². The van der Waals surface area contributed by atoms with Gasteiger partial charge in [-0.05, 0) is 24.0 Å². The van der Waals surface area contributed by atoms with Gasteiger partial charge in [-0.15, -0.1) is 11.8 Å². The molecule has 0 fully saturated rings. The molecule has 5 heteroatoms. The maximum Gasteiger partial charge on any atom is 0.150 e. The van der Waals surface area contributed by atoms with E-state index in [1.165, 1.54) is 0 Å². The first-order valence-electron chi connectivity index (χ1n) is 4.00. The minimum absolute atomic E-state index is 0.372. The van der Waals surface area contributed by atoms with E-state index in [1.807, 2.05) is 12.3 Å². The quantitative estimate of drug-likeness (QED) is 0.620. The molecule has 2 N–H and O–H groups in total. The van der Waals surface area contributed by atoms with Gasteiger partial charge in [0.05, 0.1) is 17.0 Å². The fraction of sp³-hybridized carbons (Fsp3) is 0.333. The summed E-state index contributed by atoms with van der Waals surface area (Å²) in [7, 11) is 1.59. The zero-order valence-corrected chi connectivity index (χ0v) is 9.58. The number of rotatable bonds is 4. The highest BCUT2D eigenvalue weighted by Crippen LogP contribution is 2.35. The van der Waals surface area contributed by atoms with Crippen LogP contribution in [-0.4, -0.2) is 18.6 Å². The van der Waals surface area contributed by atoms with Crippen molar-refractivity contribution in [1.82, 2.24) is 5.48 Å². The van der Waals surface area contributed by atoms with E-state index in [9.17, 15) is 0 Å². The number of hydroxylamine groups is 1. The van der Waals surface area contributed by atoms with E-state index in [0.29, 0.717) is 17.3 Å². The van der Waals surface area contributed by atoms with Crippen molar-refractivity contribution in [2.75, 3.05) is 13.4 Å². The summed E-state index contributed by atoms with van der Waals surface area (Å²) in [5.74, 6) is 0.681. The van der Waals surface area contributed by atoms with Crippen LogP contribution in [-0.2, 0) is 6.54 Å². The zero-order chi connectivity index (χ0) is 10.6. The van der Waals surface area contributed by atoms with Crippen LogP contribution in [0.3, 0.4) is 0 Å². The average molecular weight is 234 g/mol. The largest absolute Gasteiger partial charge is 0.494 e. The van der Waals surface area contributed by atoms with E-state index >= 15 is 0 Å². The normalized spacial score (nSPS) is 10.3. The molecule has 14 heavy (non-hydrogen) atoms. The first-order valence-corrected chi connectivity index (χ1v) is 5.60. The Morgan fingerprint density at radius 1 is 1.57 bits per heavy atom. The summed E-state index contributed by atoms with van der Waals surface area (Å²) in [6.45, 7) is 0.372. The van der Waals surface area contributed by atoms with Crippen molar-refractivity contribution in [1.29, 1.82) is 0 Å². The van der Waals surface area contributed by atoms with Gasteiger partial charge < -0.3 is 9.94 Å². The van der Waals surface area contributed by atoms with Gasteiger partial charge in [0.1, 0.15) is 0 Å². The van der Waals surface area contributed by atoms with Gasteiger partial charge in [-0.25, -0.2) is 5.48 Å². The van der Waals surface area contributed by atoms with Gasteiger partial charge in [-0.1, -0.05) is 11.6 Å². The van der Waals surface area contributed by atoms with Crippen molar-refractivity contribution in [3.63, 3.8) is 0 Å². The Balaban J connectivity index is 3.10. The number of hydrogen-bond acceptors (Lipinski definition) is 4. The minimum atomic E-state index is 0.372. The summed E-state index contributed by atoms with van der Waals surface area (Å²) >= 11 is 7.56. The highest BCUT2D eigenvalue weighted by Gasteiger charge is 2.08. The Bertz CT molecular complexity index is 320. The number of thioether (sulfide) groups is 1. The predicted molar refractivity (Wildman–Crippen MR) is 58.4 cm³/mol. The van der Waals surface area contributed by atoms with Crippen LogP contribution in [0, 0.1) is 0 Å². The van der Waals surface area contributed by atoms with Crippen LogP contribution in [0.2, 0.25) is 5.02 Å². The van der Waals surface area contributed by atoms with Crippen LogP contribution in [0.5, 0.6) is 5.75 Å². The molecular formula is C9H12ClNO2S. The lowest BCUT2D eigenvalue weighted by molar-refractivity contribution is 0.161. The van der Waals surface area contributed by atoms with Crippen LogP contribution >= 0.6 is 23.4 Å². The lowest BCUT2D eigenvalue weighted by Gasteiger charge is -2.10. The van der Waals surface area contributed by atoms with Gasteiger partial charge in [-0.3, -0.25) is 0 Å². The Kier molecular flexibility index (Phi) is 4.54. The predicted octanol–water partition coefficient (Wildman–Crippen LogP) is 2.55. The second-order valence-electron chi connectivity index (χ2n) is 2.65. The second kappa shape index (κ2) is 5.46. The van der Waals surface area contributed by atoms with Crippen molar-refractivity contribution >= 4 is 23.4 Å². The minimum Gasteiger partial charge on any atom is -0.494 e. The van der Waals surface area contributed by atoms with Crippen molar-refractivity contribution in [3.05, 3.63) is 22.7 Å². The summed E-state index contributed by atoms with van der Waals surface area (Å²) in [4.78, 5) is 0.963. The van der Waals surface area contributed by atoms with Crippen LogP contribution < -0.4 is 10.2 Å². The highest BCUT2D eigenvalue weighted by atomic mass is 35.5. The molecule has 0 heterocycles. The number of methoxy groups -OCH3 is 1. The molecule has 1 aromatic carbocycles. The van der Waals surface area contributed by atoms with Crippen LogP contribution in [0.1, 0.15) is 5.56 Å². The summed E-state index contributed by atoms with van der Waals surface area (Å²) in [6, 6.07) is 3.70. The van der Waals surface area contributed by atoms with E-state index in [-0.39, 0.29) is 0 Å². The maximum atomic E-state index is 8.57. The van der Waals surface area contributed by atoms with Gasteiger partial charge >= 0.3 is 0 Å². The average Bonchev–Trinajstić information content (AvgIpc) is 2.17. The maximum absolute atomic E-state index is 8.57. The molecule has 0 amide bonds. The fourth-order valence-electron chi connectivity index (χ4n) is 1.16. The summed E-state index contributed by atoms with van der Waals surface area (Å²) in [5, 5.41) is 9.13. The molecule has 78 valence electrons. The molecule has 0 spiro atoms. The molecule has 0 unspecified atom stereocenters. The molecule has 1 aromatic rings. The van der Waals surface area contributed by atoms with E-state index in [4.69, 9.17) is 21.5 Å². The number of nitrogens with one attached hydrogen (secondary N) is 1. The summed E-state index contributed by atoms with van der Waals surface area (Å²) in [6.07, 6.45) is 1.95. The van der Waals surface area contributed by atoms with Gasteiger partial charge in [0.25, 0.3) is 0 Å². The van der Waals surface area contributed by atoms with Gasteiger partial charge in [0.2, 0.25) is 0 Å². The van der Waals surface area contributed by atoms with Crippen molar-refractivity contribution < 1.29 is 9.94 Å². The molecule has 0 atom stereocenters. The third kappa shape index (κ3) is 2.54. The SMILES string of the molecule is COc1c(Cl)cc(CNO)cc1SC. The molecule has 0 saturated heterocycles. The van der Waals surface area contributed by atoms with Crippen LogP contribution in [0.15, 0.2) is 17.0 Å². The monoisotopic (exact) mass is 233 g/mol. The van der Waals surface area contributed by atoms with E-state index in [2.05, 4.69) is 5.48 Å². The van der Waals surface area contributed by atoms with E-state index in [1.54, 1.807) is 24.9 Å². The molecule has 0 aliphatic rings. The van der Waals surface area contributed by atoms with Crippen molar-refractivity contribution in [3.8, 4) is 5.75 Å². The number of halogens is 1. The standard InChI is InChI=1S/C9H12ClNO2S/c1-13-9-7(10)3-6(5-11-12)4-8(9)14-2/h3-4,11-12H,5H2,1-2H3. The summed E-state index contributed by atoms with van der Waals surface area (Å²) in [5.41, 5.74) is 3.01. The number of hydrogen-bond donors (Lipinski definition) is 2. The van der Waals surface area contributed by atoms with Gasteiger partial charge in [-0.2, -0.15) is 0 Å². The van der Waals surface area contributed by atoms with Gasteiger partial charge in [0.15, 0.2) is 5.75 Å². The van der Waals surface area contributed by atoms with Crippen LogP contribution in [0.25, 0.3) is 0 Å². The van der Waals surface area contributed by atoms with Gasteiger partial charge in [0, 0.05) is 6.54 Å². The van der Waals surface area contributed by atoms with Crippen molar-refractivity contribution in [2.24, 2.45) is 0 Å². The molecule has 0 aromatic heterocycles. The molecular weight excluding hydrogens is 222 g/mol. The molecule has 0 radical (unpaired) electrons. The number of ether oxygens (including phenoxy) is 1. The Morgan fingerprint density at radius 2 is 2.29 bits per heavy atom. The highest BCUT2D eigenvalue weighted by molar-refractivity contribution is 7.98. The number of benzene rings is 1. The Labute approximate surface area is 92.4 Å². The molecule has 1 rings (SSSR count). The molecule has 0 aliphatic carbocycles. The fourth-order valence-corrected chi connectivity index (χ4v) is 2.19. The molecule has 0 saturated carbocycles. The first kappa shape index (κ1) is 11.7. The third-order valence-electron chi connectivity index (χ3n) is 1.78. The zero-order valence-electron chi connectivity index (χ0n) is 8.00. The third-order valence-corrected chi connectivity index (χ3v) is 2.80. The smallest absolute Gasteiger partial charge is 0.150 e. The van der Waals surface area contributed by atoms with E-state index < -0.39 is 0 Å². The lowest BCUT2D eigenvalue weighted by atomic mass is 10.2. The Hall–Kier alpha value is -0.420. The molecule has 3 nitrogen and oxygen atoms in total. The second-order valence-corrected chi connectivity index (χ2v) is 3.90. The molecule has 0 bridgehead atoms. The lowest BCUT2D eigenvalue weighted by Crippen LogP contribution is -2.06. The first-order chi connectivity index (χ1) is 6.72. The van der Waals surface area contributed by atoms with E-state index in [0.717, 1.165) is 10.5 Å². The van der Waals surface area contributed by atoms with Crippen molar-refractivity contribution in [2.45, 2.75) is 11.4 Å². The topological polar surface area (TPSA) is 41.5 Å². The molecule has 0 aliphatic heterocycles.